The summed E-state index contributed by atoms with van der Waals surface area (Å²) in [5, 5.41) is 0.622. The van der Waals surface area contributed by atoms with E-state index < -0.39 is 0 Å². The van der Waals surface area contributed by atoms with Gasteiger partial charge in [-0.3, -0.25) is 0 Å². The summed E-state index contributed by atoms with van der Waals surface area (Å²) in [6.45, 7) is 1.98. The van der Waals surface area contributed by atoms with Gasteiger partial charge in [0.05, 0.1) is 10.6 Å². The van der Waals surface area contributed by atoms with Gasteiger partial charge in [0.15, 0.2) is 0 Å². The molecule has 0 fully saturated rings. The van der Waals surface area contributed by atoms with Crippen LogP contribution in [0.25, 0.3) is 22.7 Å². The number of aryl methyl sites for hydroxylation is 1. The molecule has 84 valence electrons. The third kappa shape index (κ3) is 1.68. The molecule has 0 unspecified atom stereocenters. The zero-order chi connectivity index (χ0) is 11.8. The van der Waals surface area contributed by atoms with Crippen LogP contribution in [0.5, 0.6) is 0 Å². The highest BCUT2D eigenvalue weighted by molar-refractivity contribution is 6.33. The van der Waals surface area contributed by atoms with Crippen LogP contribution < -0.4 is 0 Å². The molecular formula is C13H9ClN2O. The van der Waals surface area contributed by atoms with E-state index in [9.17, 15) is 0 Å². The number of benzene rings is 1. The Hall–Kier alpha value is -1.87. The average Bonchev–Trinajstić information content (AvgIpc) is 2.75. The predicted molar refractivity (Wildman–Crippen MR) is 67.0 cm³/mol. The normalized spacial score (nSPS) is 10.9. The molecule has 0 aliphatic rings. The molecule has 0 bridgehead atoms. The first-order chi connectivity index (χ1) is 8.25. The average molecular weight is 245 g/mol. The van der Waals surface area contributed by atoms with Gasteiger partial charge in [0, 0.05) is 6.20 Å². The molecule has 0 atom stereocenters. The second kappa shape index (κ2) is 3.86. The summed E-state index contributed by atoms with van der Waals surface area (Å²) in [4.78, 5) is 8.58. The highest BCUT2D eigenvalue weighted by Crippen LogP contribution is 2.29. The van der Waals surface area contributed by atoms with Gasteiger partial charge in [0.25, 0.3) is 0 Å². The third-order valence-electron chi connectivity index (χ3n) is 2.60. The van der Waals surface area contributed by atoms with Crippen molar-refractivity contribution in [2.45, 2.75) is 6.92 Å². The van der Waals surface area contributed by atoms with Crippen molar-refractivity contribution in [1.29, 1.82) is 0 Å². The molecule has 3 aromatic rings. The Kier molecular flexibility index (Phi) is 2.34. The fourth-order valence-electron chi connectivity index (χ4n) is 1.70. The van der Waals surface area contributed by atoms with Crippen LogP contribution in [0.3, 0.4) is 0 Å². The lowest BCUT2D eigenvalue weighted by atomic mass is 10.2. The van der Waals surface area contributed by atoms with E-state index in [2.05, 4.69) is 9.97 Å². The minimum Gasteiger partial charge on any atom is -0.418 e. The Balaban J connectivity index is 2.26. The molecule has 2 heterocycles. The lowest BCUT2D eigenvalue weighted by molar-refractivity contribution is 0.608. The molecule has 0 saturated heterocycles. The zero-order valence-corrected chi connectivity index (χ0v) is 9.90. The van der Waals surface area contributed by atoms with Crippen LogP contribution in [0, 0.1) is 6.92 Å². The number of pyridine rings is 1. The van der Waals surface area contributed by atoms with Crippen molar-refractivity contribution in [3.05, 3.63) is 47.1 Å². The van der Waals surface area contributed by atoms with E-state index in [-0.39, 0.29) is 0 Å². The van der Waals surface area contributed by atoms with Crippen LogP contribution >= 0.6 is 11.6 Å². The fourth-order valence-corrected chi connectivity index (χ4v) is 1.92. The van der Waals surface area contributed by atoms with Crippen molar-refractivity contribution < 1.29 is 4.42 Å². The van der Waals surface area contributed by atoms with E-state index in [1.165, 1.54) is 0 Å². The van der Waals surface area contributed by atoms with Crippen molar-refractivity contribution >= 4 is 22.8 Å². The topological polar surface area (TPSA) is 38.9 Å². The van der Waals surface area contributed by atoms with Gasteiger partial charge in [-0.1, -0.05) is 23.7 Å². The summed E-state index contributed by atoms with van der Waals surface area (Å²) >= 11 is 6.11. The summed E-state index contributed by atoms with van der Waals surface area (Å²) in [6.07, 6.45) is 1.71. The molecule has 17 heavy (non-hydrogen) atoms. The van der Waals surface area contributed by atoms with E-state index >= 15 is 0 Å². The number of hydrogen-bond acceptors (Lipinski definition) is 3. The maximum absolute atomic E-state index is 6.11. The van der Waals surface area contributed by atoms with Gasteiger partial charge in [-0.25, -0.2) is 9.97 Å². The van der Waals surface area contributed by atoms with Gasteiger partial charge in [-0.2, -0.15) is 0 Å². The number of oxazole rings is 1. The SMILES string of the molecule is Cc1ccnc2oc(-c3ccccc3Cl)nc12. The van der Waals surface area contributed by atoms with E-state index in [0.717, 1.165) is 16.6 Å². The molecule has 0 radical (unpaired) electrons. The summed E-state index contributed by atoms with van der Waals surface area (Å²) in [7, 11) is 0. The molecule has 3 rings (SSSR count). The molecule has 0 N–H and O–H groups in total. The van der Waals surface area contributed by atoms with Gasteiger partial charge < -0.3 is 4.42 Å². The van der Waals surface area contributed by atoms with Crippen molar-refractivity contribution in [1.82, 2.24) is 9.97 Å². The lowest BCUT2D eigenvalue weighted by Crippen LogP contribution is -1.79. The highest BCUT2D eigenvalue weighted by atomic mass is 35.5. The highest BCUT2D eigenvalue weighted by Gasteiger charge is 2.12. The Morgan fingerprint density at radius 2 is 2.00 bits per heavy atom. The van der Waals surface area contributed by atoms with Gasteiger partial charge >= 0.3 is 0 Å². The first-order valence-corrected chi connectivity index (χ1v) is 5.60. The van der Waals surface area contributed by atoms with Crippen molar-refractivity contribution in [3.8, 4) is 11.5 Å². The number of nitrogens with zero attached hydrogens (tertiary/aromatic N) is 2. The fraction of sp³-hybridized carbons (Fsp3) is 0.0769. The van der Waals surface area contributed by atoms with Crippen LogP contribution in [-0.2, 0) is 0 Å². The lowest BCUT2D eigenvalue weighted by Gasteiger charge is -1.96. The maximum atomic E-state index is 6.11. The van der Waals surface area contributed by atoms with Crippen LogP contribution in [-0.4, -0.2) is 9.97 Å². The van der Waals surface area contributed by atoms with Crippen molar-refractivity contribution in [2.24, 2.45) is 0 Å². The predicted octanol–water partition coefficient (Wildman–Crippen LogP) is 3.85. The van der Waals surface area contributed by atoms with Gasteiger partial charge in [0.1, 0.15) is 5.52 Å². The second-order valence-electron chi connectivity index (χ2n) is 3.78. The summed E-state index contributed by atoms with van der Waals surface area (Å²) in [5.74, 6) is 0.507. The van der Waals surface area contributed by atoms with E-state index in [0.29, 0.717) is 16.6 Å². The van der Waals surface area contributed by atoms with E-state index in [1.54, 1.807) is 6.20 Å². The molecule has 0 aliphatic heterocycles. The summed E-state index contributed by atoms with van der Waals surface area (Å²) in [6, 6.07) is 9.37. The van der Waals surface area contributed by atoms with E-state index in [4.69, 9.17) is 16.0 Å². The second-order valence-corrected chi connectivity index (χ2v) is 4.19. The molecule has 0 aliphatic carbocycles. The van der Waals surface area contributed by atoms with Gasteiger partial charge in [0.2, 0.25) is 11.6 Å². The van der Waals surface area contributed by atoms with Crippen LogP contribution in [0.2, 0.25) is 5.02 Å². The summed E-state index contributed by atoms with van der Waals surface area (Å²) < 4.78 is 5.61. The Labute approximate surface area is 103 Å². The molecule has 4 heteroatoms. The minimum absolute atomic E-state index is 0.507. The van der Waals surface area contributed by atoms with Crippen molar-refractivity contribution in [3.63, 3.8) is 0 Å². The number of hydrogen-bond donors (Lipinski definition) is 0. The third-order valence-corrected chi connectivity index (χ3v) is 2.93. The molecule has 0 amide bonds. The molecule has 1 aromatic carbocycles. The van der Waals surface area contributed by atoms with Crippen LogP contribution in [0.1, 0.15) is 5.56 Å². The molecular weight excluding hydrogens is 236 g/mol. The maximum Gasteiger partial charge on any atom is 0.247 e. The quantitative estimate of drug-likeness (QED) is 0.653. The molecule has 3 nitrogen and oxygen atoms in total. The molecule has 0 spiro atoms. The van der Waals surface area contributed by atoms with Crippen LogP contribution in [0.4, 0.5) is 0 Å². The first-order valence-electron chi connectivity index (χ1n) is 5.23. The van der Waals surface area contributed by atoms with Crippen molar-refractivity contribution in [2.75, 3.05) is 0 Å². The zero-order valence-electron chi connectivity index (χ0n) is 9.14. The molecule has 0 saturated carbocycles. The van der Waals surface area contributed by atoms with Crippen LogP contribution in [0.15, 0.2) is 40.9 Å². The molecule has 2 aromatic heterocycles. The minimum atomic E-state index is 0.507. The van der Waals surface area contributed by atoms with Gasteiger partial charge in [-0.15, -0.1) is 0 Å². The Morgan fingerprint density at radius 3 is 2.76 bits per heavy atom. The number of aromatic nitrogens is 2. The standard InChI is InChI=1S/C13H9ClN2O/c1-8-6-7-15-13-11(8)16-12(17-13)9-4-2-3-5-10(9)14/h2-7H,1H3. The number of rotatable bonds is 1. The monoisotopic (exact) mass is 244 g/mol. The van der Waals surface area contributed by atoms with E-state index in [1.807, 2.05) is 37.3 Å². The largest absolute Gasteiger partial charge is 0.418 e. The number of halogens is 1. The number of fused-ring (bicyclic) bond motifs is 1. The summed E-state index contributed by atoms with van der Waals surface area (Å²) in [5.41, 5.74) is 3.14. The smallest absolute Gasteiger partial charge is 0.247 e. The van der Waals surface area contributed by atoms with Gasteiger partial charge in [-0.05, 0) is 30.7 Å². The Morgan fingerprint density at radius 1 is 1.18 bits per heavy atom. The Bertz CT molecular complexity index is 691. The first kappa shape index (κ1) is 10.3.